The highest BCUT2D eigenvalue weighted by Gasteiger charge is 2.70. The summed E-state index contributed by atoms with van der Waals surface area (Å²) < 4.78 is 22.4. The normalized spacial score (nSPS) is 42.2. The van der Waals surface area contributed by atoms with Gasteiger partial charge >= 0.3 is 11.9 Å². The Morgan fingerprint density at radius 3 is 2.46 bits per heavy atom. The molecule has 35 heavy (non-hydrogen) atoms. The topological polar surface area (TPSA) is 88.1 Å². The zero-order valence-corrected chi connectivity index (χ0v) is 22.2. The molecule has 0 heterocycles. The van der Waals surface area contributed by atoms with Crippen molar-refractivity contribution in [1.82, 2.24) is 0 Å². The van der Waals surface area contributed by atoms with Crippen LogP contribution in [-0.2, 0) is 33.3 Å². The molecule has 196 valence electrons. The van der Waals surface area contributed by atoms with Gasteiger partial charge in [0.15, 0.2) is 6.61 Å². The maximum absolute atomic E-state index is 13.7. The van der Waals surface area contributed by atoms with E-state index in [-0.39, 0.29) is 48.0 Å². The minimum Gasteiger partial charge on any atom is -0.462 e. The zero-order valence-electron chi connectivity index (χ0n) is 22.2. The van der Waals surface area contributed by atoms with Gasteiger partial charge in [-0.1, -0.05) is 32.4 Å². The van der Waals surface area contributed by atoms with Gasteiger partial charge in [0, 0.05) is 32.8 Å². The van der Waals surface area contributed by atoms with Crippen LogP contribution in [0.15, 0.2) is 11.6 Å². The van der Waals surface area contributed by atoms with Gasteiger partial charge in [-0.3, -0.25) is 14.4 Å². The highest BCUT2D eigenvalue weighted by atomic mass is 16.7. The van der Waals surface area contributed by atoms with Gasteiger partial charge in [-0.25, -0.2) is 0 Å². The molecule has 4 rings (SSSR count). The first kappa shape index (κ1) is 26.3. The monoisotopic (exact) mass is 490 g/mol. The number of esters is 2. The van der Waals surface area contributed by atoms with E-state index in [4.69, 9.17) is 18.9 Å². The van der Waals surface area contributed by atoms with Crippen molar-refractivity contribution < 1.29 is 33.3 Å². The number of carbonyl (C=O) groups is 3. The van der Waals surface area contributed by atoms with Crippen molar-refractivity contribution >= 4 is 17.7 Å². The van der Waals surface area contributed by atoms with Crippen LogP contribution in [0.25, 0.3) is 0 Å². The van der Waals surface area contributed by atoms with E-state index in [1.807, 2.05) is 0 Å². The second-order valence-corrected chi connectivity index (χ2v) is 11.8. The van der Waals surface area contributed by atoms with E-state index in [0.717, 1.165) is 44.9 Å². The van der Waals surface area contributed by atoms with Crippen LogP contribution in [-0.4, -0.2) is 49.9 Å². The van der Waals surface area contributed by atoms with Crippen LogP contribution in [0.1, 0.15) is 79.6 Å². The van der Waals surface area contributed by atoms with E-state index in [2.05, 4.69) is 26.8 Å². The van der Waals surface area contributed by atoms with E-state index < -0.39 is 11.6 Å². The lowest BCUT2D eigenvalue weighted by atomic mass is 9.46. The minimum atomic E-state index is -1.04. The van der Waals surface area contributed by atoms with Crippen LogP contribution in [0, 0.1) is 34.5 Å². The second-order valence-electron chi connectivity index (χ2n) is 11.8. The smallest absolute Gasteiger partial charge is 0.303 e. The second kappa shape index (κ2) is 9.62. The third-order valence-electron chi connectivity index (χ3n) is 10.2. The molecule has 4 aliphatic carbocycles. The van der Waals surface area contributed by atoms with Crippen LogP contribution >= 0.6 is 0 Å². The number of hydrogen-bond acceptors (Lipinski definition) is 7. The fourth-order valence-corrected chi connectivity index (χ4v) is 8.70. The molecule has 0 aliphatic heterocycles. The number of allylic oxidation sites excluding steroid dienone is 1. The van der Waals surface area contributed by atoms with E-state index in [0.29, 0.717) is 17.8 Å². The summed E-state index contributed by atoms with van der Waals surface area (Å²) in [6.45, 7) is 9.32. The molecule has 2 unspecified atom stereocenters. The fraction of sp³-hybridized carbons (Fsp3) is 0.821. The molecule has 4 aliphatic rings. The molecule has 7 nitrogen and oxygen atoms in total. The Morgan fingerprint density at radius 1 is 1.06 bits per heavy atom. The average molecular weight is 491 g/mol. The Kier molecular flexibility index (Phi) is 7.24. The third kappa shape index (κ3) is 4.16. The molecule has 0 amide bonds. The highest BCUT2D eigenvalue weighted by molar-refractivity contribution is 5.91. The maximum Gasteiger partial charge on any atom is 0.303 e. The van der Waals surface area contributed by atoms with E-state index in [9.17, 15) is 14.4 Å². The largest absolute Gasteiger partial charge is 0.462 e. The molecule has 0 aromatic rings. The van der Waals surface area contributed by atoms with Crippen molar-refractivity contribution in [3.8, 4) is 0 Å². The van der Waals surface area contributed by atoms with Crippen molar-refractivity contribution in [2.75, 3.05) is 20.5 Å². The number of fused-ring (bicyclic) bond motifs is 5. The molecular weight excluding hydrogens is 448 g/mol. The summed E-state index contributed by atoms with van der Waals surface area (Å²) in [5, 5.41) is 0. The maximum atomic E-state index is 13.7. The van der Waals surface area contributed by atoms with Gasteiger partial charge < -0.3 is 18.9 Å². The Labute approximate surface area is 209 Å². The third-order valence-corrected chi connectivity index (χ3v) is 10.2. The lowest BCUT2D eigenvalue weighted by Crippen LogP contribution is -2.61. The van der Waals surface area contributed by atoms with Gasteiger partial charge in [0.2, 0.25) is 5.78 Å². The number of ketones is 1. The van der Waals surface area contributed by atoms with Gasteiger partial charge in [0.1, 0.15) is 18.5 Å². The fourth-order valence-electron chi connectivity index (χ4n) is 8.70. The van der Waals surface area contributed by atoms with E-state index in [1.165, 1.54) is 19.4 Å². The van der Waals surface area contributed by atoms with Crippen molar-refractivity contribution in [2.24, 2.45) is 34.5 Å². The SMILES string of the molecule is COCO[C@]1(C(=O)COC(C)=O)C(C)C[C@H]2[C@@H]3CC=C4CC(OC(C)=O)CC[C@]4(C)[C@H]3CC[C@@]21C. The summed E-state index contributed by atoms with van der Waals surface area (Å²) >= 11 is 0. The van der Waals surface area contributed by atoms with Gasteiger partial charge in [-0.05, 0) is 67.6 Å². The van der Waals surface area contributed by atoms with Crippen molar-refractivity contribution in [2.45, 2.75) is 91.3 Å². The number of carbonyl (C=O) groups excluding carboxylic acids is 3. The molecular formula is C28H42O7. The molecule has 3 saturated carbocycles. The lowest BCUT2D eigenvalue weighted by molar-refractivity contribution is -0.212. The van der Waals surface area contributed by atoms with Gasteiger partial charge in [0.05, 0.1) is 0 Å². The first-order chi connectivity index (χ1) is 16.5. The summed E-state index contributed by atoms with van der Waals surface area (Å²) in [5.41, 5.74) is 0.148. The molecule has 0 aromatic carbocycles. The van der Waals surface area contributed by atoms with Crippen molar-refractivity contribution in [3.63, 3.8) is 0 Å². The van der Waals surface area contributed by atoms with Gasteiger partial charge in [-0.15, -0.1) is 0 Å². The Morgan fingerprint density at radius 2 is 1.80 bits per heavy atom. The first-order valence-electron chi connectivity index (χ1n) is 13.2. The summed E-state index contributed by atoms with van der Waals surface area (Å²) in [6.07, 6.45) is 8.94. The Hall–Kier alpha value is -1.73. The summed E-state index contributed by atoms with van der Waals surface area (Å²) in [7, 11) is 1.57. The summed E-state index contributed by atoms with van der Waals surface area (Å²) in [5.74, 6) is 0.506. The first-order valence-corrected chi connectivity index (χ1v) is 13.2. The van der Waals surface area contributed by atoms with Crippen LogP contribution in [0.4, 0.5) is 0 Å². The van der Waals surface area contributed by atoms with Crippen LogP contribution in [0.5, 0.6) is 0 Å². The van der Waals surface area contributed by atoms with Crippen LogP contribution < -0.4 is 0 Å². The molecule has 0 aromatic heterocycles. The number of methoxy groups -OCH3 is 1. The molecule has 0 spiro atoms. The van der Waals surface area contributed by atoms with Crippen molar-refractivity contribution in [3.05, 3.63) is 11.6 Å². The Bertz CT molecular complexity index is 896. The number of hydrogen-bond donors (Lipinski definition) is 0. The molecule has 0 N–H and O–H groups in total. The Balaban J connectivity index is 1.64. The quantitative estimate of drug-likeness (QED) is 0.292. The molecule has 0 radical (unpaired) electrons. The molecule has 7 heteroatoms. The summed E-state index contributed by atoms with van der Waals surface area (Å²) in [4.78, 5) is 36.7. The van der Waals surface area contributed by atoms with Crippen molar-refractivity contribution in [1.29, 1.82) is 0 Å². The summed E-state index contributed by atoms with van der Waals surface area (Å²) in [6, 6.07) is 0. The zero-order chi connectivity index (χ0) is 25.6. The molecule has 0 saturated heterocycles. The molecule has 3 fully saturated rings. The molecule has 8 atom stereocenters. The van der Waals surface area contributed by atoms with Crippen LogP contribution in [0.2, 0.25) is 0 Å². The predicted molar refractivity (Wildman–Crippen MR) is 129 cm³/mol. The number of ether oxygens (including phenoxy) is 4. The number of rotatable bonds is 7. The highest BCUT2D eigenvalue weighted by Crippen LogP contribution is 2.69. The minimum absolute atomic E-state index is 0.00709. The van der Waals surface area contributed by atoms with Gasteiger partial charge in [-0.2, -0.15) is 0 Å². The van der Waals surface area contributed by atoms with Gasteiger partial charge in [0.25, 0.3) is 0 Å². The standard InChI is InChI=1S/C28H42O7/c1-17-13-24-22-8-7-20-14-21(35-19(3)30)9-11-26(20,4)23(22)10-12-27(24,5)28(17,34-16-32-6)25(31)15-33-18(2)29/h7,17,21-24H,8-16H2,1-6H3/t17?,21?,22-,23+,24+,26+,27+,28+/m1/s1. The van der Waals surface area contributed by atoms with E-state index in [1.54, 1.807) is 7.11 Å². The average Bonchev–Trinajstić information content (AvgIpc) is 3.03. The molecule has 0 bridgehead atoms. The van der Waals surface area contributed by atoms with Crippen LogP contribution in [0.3, 0.4) is 0 Å². The predicted octanol–water partition coefficient (Wildman–Crippen LogP) is 4.62. The van der Waals surface area contributed by atoms with E-state index >= 15 is 0 Å². The lowest BCUT2D eigenvalue weighted by Gasteiger charge is -2.59. The number of Topliss-reactive ketones (excluding diaryl/α,β-unsaturated/α-hetero) is 1.